The molecule has 1 aliphatic heterocycles. The molecule has 0 saturated carbocycles. The zero-order chi connectivity index (χ0) is 13.8. The van der Waals surface area contributed by atoms with Crippen molar-refractivity contribution in [2.75, 3.05) is 24.5 Å². The van der Waals surface area contributed by atoms with Crippen LogP contribution in [0, 0.1) is 5.92 Å². The van der Waals surface area contributed by atoms with Gasteiger partial charge in [-0.15, -0.1) is 10.2 Å². The standard InChI is InChI=1S/C15H19N5/c16-7-3-12-6-10-20(11-12)15-2-1-14(18-19-15)13-4-8-17-9-5-13/h1-2,4-5,8-9,12H,3,6-7,10-11,16H2. The minimum absolute atomic E-state index is 0.696. The van der Waals surface area contributed by atoms with Gasteiger partial charge in [0.1, 0.15) is 0 Å². The van der Waals surface area contributed by atoms with Gasteiger partial charge in [-0.25, -0.2) is 0 Å². The van der Waals surface area contributed by atoms with Crippen LogP contribution < -0.4 is 10.6 Å². The molecule has 0 aromatic carbocycles. The van der Waals surface area contributed by atoms with Gasteiger partial charge >= 0.3 is 0 Å². The van der Waals surface area contributed by atoms with Gasteiger partial charge in [0.25, 0.3) is 0 Å². The molecule has 1 saturated heterocycles. The summed E-state index contributed by atoms with van der Waals surface area (Å²) in [5.41, 5.74) is 7.55. The van der Waals surface area contributed by atoms with Gasteiger partial charge in [-0.05, 0) is 49.6 Å². The van der Waals surface area contributed by atoms with E-state index in [1.54, 1.807) is 12.4 Å². The van der Waals surface area contributed by atoms with Crippen LogP contribution in [0.5, 0.6) is 0 Å². The smallest absolute Gasteiger partial charge is 0.151 e. The van der Waals surface area contributed by atoms with Crippen LogP contribution in [0.1, 0.15) is 12.8 Å². The summed E-state index contributed by atoms with van der Waals surface area (Å²) in [5.74, 6) is 1.66. The summed E-state index contributed by atoms with van der Waals surface area (Å²) < 4.78 is 0. The number of nitrogens with two attached hydrogens (primary N) is 1. The highest BCUT2D eigenvalue weighted by Crippen LogP contribution is 2.24. The van der Waals surface area contributed by atoms with E-state index >= 15 is 0 Å². The van der Waals surface area contributed by atoms with Crippen LogP contribution in [0.25, 0.3) is 11.3 Å². The van der Waals surface area contributed by atoms with Crippen LogP contribution in [0.3, 0.4) is 0 Å². The van der Waals surface area contributed by atoms with E-state index in [-0.39, 0.29) is 0 Å². The van der Waals surface area contributed by atoms with E-state index in [4.69, 9.17) is 5.73 Å². The Balaban J connectivity index is 1.71. The second-order valence-electron chi connectivity index (χ2n) is 5.19. The van der Waals surface area contributed by atoms with Crippen LogP contribution >= 0.6 is 0 Å². The van der Waals surface area contributed by atoms with Crippen molar-refractivity contribution in [3.05, 3.63) is 36.7 Å². The summed E-state index contributed by atoms with van der Waals surface area (Å²) in [6, 6.07) is 7.95. The Morgan fingerprint density at radius 2 is 2.00 bits per heavy atom. The van der Waals surface area contributed by atoms with Crippen molar-refractivity contribution in [1.82, 2.24) is 15.2 Å². The van der Waals surface area contributed by atoms with E-state index in [1.165, 1.54) is 6.42 Å². The third-order valence-corrected chi connectivity index (χ3v) is 3.81. The molecule has 1 aliphatic rings. The minimum atomic E-state index is 0.696. The van der Waals surface area contributed by atoms with Gasteiger partial charge in [0.15, 0.2) is 5.82 Å². The van der Waals surface area contributed by atoms with Gasteiger partial charge in [-0.2, -0.15) is 0 Å². The van der Waals surface area contributed by atoms with Crippen LogP contribution in [-0.2, 0) is 0 Å². The molecule has 0 aliphatic carbocycles. The molecule has 3 rings (SSSR count). The lowest BCUT2D eigenvalue weighted by molar-refractivity contribution is 0.546. The van der Waals surface area contributed by atoms with Crippen LogP contribution in [0.15, 0.2) is 36.7 Å². The van der Waals surface area contributed by atoms with Crippen molar-refractivity contribution in [3.8, 4) is 11.3 Å². The molecule has 0 amide bonds. The summed E-state index contributed by atoms with van der Waals surface area (Å²) in [4.78, 5) is 6.31. The molecule has 2 N–H and O–H groups in total. The lowest BCUT2D eigenvalue weighted by atomic mass is 10.1. The molecule has 0 spiro atoms. The van der Waals surface area contributed by atoms with Gasteiger partial charge < -0.3 is 10.6 Å². The molecule has 3 heterocycles. The Labute approximate surface area is 118 Å². The first-order valence-electron chi connectivity index (χ1n) is 7.06. The Kier molecular flexibility index (Phi) is 3.87. The maximum atomic E-state index is 5.63. The van der Waals surface area contributed by atoms with Crippen molar-refractivity contribution in [2.24, 2.45) is 11.7 Å². The third kappa shape index (κ3) is 2.77. The number of aromatic nitrogens is 3. The number of hydrogen-bond acceptors (Lipinski definition) is 5. The molecule has 2 aromatic heterocycles. The van der Waals surface area contributed by atoms with Crippen molar-refractivity contribution in [3.63, 3.8) is 0 Å². The SMILES string of the molecule is NCCC1CCN(c2ccc(-c3ccncc3)nn2)C1. The van der Waals surface area contributed by atoms with E-state index in [0.717, 1.165) is 43.1 Å². The Morgan fingerprint density at radius 3 is 2.70 bits per heavy atom. The maximum Gasteiger partial charge on any atom is 0.151 e. The highest BCUT2D eigenvalue weighted by atomic mass is 15.3. The second kappa shape index (κ2) is 5.96. The third-order valence-electron chi connectivity index (χ3n) is 3.81. The highest BCUT2D eigenvalue weighted by Gasteiger charge is 2.22. The Bertz CT molecular complexity index is 540. The monoisotopic (exact) mass is 269 g/mol. The Morgan fingerprint density at radius 1 is 1.15 bits per heavy atom. The van der Waals surface area contributed by atoms with Crippen LogP contribution in [0.4, 0.5) is 5.82 Å². The molecule has 104 valence electrons. The molecule has 1 fully saturated rings. The predicted octanol–water partition coefficient (Wildman–Crippen LogP) is 1.71. The summed E-state index contributed by atoms with van der Waals surface area (Å²) >= 11 is 0. The lowest BCUT2D eigenvalue weighted by Gasteiger charge is -2.16. The second-order valence-corrected chi connectivity index (χ2v) is 5.19. The van der Waals surface area contributed by atoms with Gasteiger partial charge in [-0.3, -0.25) is 4.98 Å². The fraction of sp³-hybridized carbons (Fsp3) is 0.400. The number of hydrogen-bond donors (Lipinski definition) is 1. The predicted molar refractivity (Wildman–Crippen MR) is 79.3 cm³/mol. The molecule has 1 atom stereocenters. The summed E-state index contributed by atoms with van der Waals surface area (Å²) in [6.07, 6.45) is 5.83. The van der Waals surface area contributed by atoms with Crippen molar-refractivity contribution in [2.45, 2.75) is 12.8 Å². The first-order valence-corrected chi connectivity index (χ1v) is 7.06. The van der Waals surface area contributed by atoms with E-state index < -0.39 is 0 Å². The van der Waals surface area contributed by atoms with Crippen LogP contribution in [-0.4, -0.2) is 34.8 Å². The van der Waals surface area contributed by atoms with E-state index in [9.17, 15) is 0 Å². The largest absolute Gasteiger partial charge is 0.355 e. The molecule has 5 heteroatoms. The van der Waals surface area contributed by atoms with E-state index in [0.29, 0.717) is 5.92 Å². The fourth-order valence-corrected chi connectivity index (χ4v) is 2.68. The summed E-state index contributed by atoms with van der Waals surface area (Å²) in [7, 11) is 0. The highest BCUT2D eigenvalue weighted by molar-refractivity contribution is 5.58. The summed E-state index contributed by atoms with van der Waals surface area (Å²) in [6.45, 7) is 2.86. The van der Waals surface area contributed by atoms with Gasteiger partial charge in [0.05, 0.1) is 5.69 Å². The van der Waals surface area contributed by atoms with E-state index in [1.807, 2.05) is 24.3 Å². The Hall–Kier alpha value is -2.01. The molecule has 0 radical (unpaired) electrons. The van der Waals surface area contributed by atoms with Gasteiger partial charge in [-0.1, -0.05) is 0 Å². The number of nitrogens with zero attached hydrogens (tertiary/aromatic N) is 4. The first-order chi connectivity index (χ1) is 9.86. The number of anilines is 1. The van der Waals surface area contributed by atoms with Crippen LogP contribution in [0.2, 0.25) is 0 Å². The van der Waals surface area contributed by atoms with Crippen molar-refractivity contribution >= 4 is 5.82 Å². The van der Waals surface area contributed by atoms with Crippen molar-refractivity contribution < 1.29 is 0 Å². The maximum absolute atomic E-state index is 5.63. The average molecular weight is 269 g/mol. The molecule has 1 unspecified atom stereocenters. The molecule has 20 heavy (non-hydrogen) atoms. The van der Waals surface area contributed by atoms with Gasteiger partial charge in [0.2, 0.25) is 0 Å². The number of pyridine rings is 1. The van der Waals surface area contributed by atoms with Crippen molar-refractivity contribution in [1.29, 1.82) is 0 Å². The quantitative estimate of drug-likeness (QED) is 0.915. The topological polar surface area (TPSA) is 67.9 Å². The minimum Gasteiger partial charge on any atom is -0.355 e. The molecule has 0 bridgehead atoms. The zero-order valence-corrected chi connectivity index (χ0v) is 11.4. The first kappa shape index (κ1) is 13.0. The lowest BCUT2D eigenvalue weighted by Crippen LogP contribution is -2.21. The molecular formula is C15H19N5. The fourth-order valence-electron chi connectivity index (χ4n) is 2.68. The van der Waals surface area contributed by atoms with Gasteiger partial charge in [0, 0.05) is 31.0 Å². The van der Waals surface area contributed by atoms with E-state index in [2.05, 4.69) is 20.1 Å². The molecule has 5 nitrogen and oxygen atoms in total. The summed E-state index contributed by atoms with van der Waals surface area (Å²) in [5, 5.41) is 8.68. The molecule has 2 aromatic rings. The average Bonchev–Trinajstić information content (AvgIpc) is 2.97. The normalized spacial score (nSPS) is 18.4. The number of rotatable bonds is 4. The molecular weight excluding hydrogens is 250 g/mol. The zero-order valence-electron chi connectivity index (χ0n) is 11.4.